The van der Waals surface area contributed by atoms with Gasteiger partial charge in [-0.25, -0.2) is 4.57 Å². The van der Waals surface area contributed by atoms with Gasteiger partial charge in [-0.05, 0) is 18.9 Å². The van der Waals surface area contributed by atoms with Crippen molar-refractivity contribution in [3.8, 4) is 5.75 Å². The monoisotopic (exact) mass is 385 g/mol. The van der Waals surface area contributed by atoms with E-state index < -0.39 is 12.5 Å². The number of rotatable bonds is 15. The van der Waals surface area contributed by atoms with E-state index in [0.29, 0.717) is 12.8 Å². The number of nitro benzene ring substituents is 1. The molecule has 0 radical (unpaired) electrons. The van der Waals surface area contributed by atoms with Crippen LogP contribution in [-0.2, 0) is 9.09 Å². The molecular formula is C19H32NO5P. The number of benzene rings is 1. The highest BCUT2D eigenvalue weighted by molar-refractivity contribution is 7.54. The maximum atomic E-state index is 13.0. The van der Waals surface area contributed by atoms with E-state index in [1.807, 2.05) is 6.92 Å². The third kappa shape index (κ3) is 9.35. The quantitative estimate of drug-likeness (QED) is 0.145. The first kappa shape index (κ1) is 22.7. The minimum absolute atomic E-state index is 0.0865. The Kier molecular flexibility index (Phi) is 11.2. The minimum atomic E-state index is -3.30. The molecule has 1 aromatic rings. The van der Waals surface area contributed by atoms with E-state index in [1.54, 1.807) is 6.07 Å². The Hall–Kier alpha value is -1.39. The van der Waals surface area contributed by atoms with Gasteiger partial charge in [-0.2, -0.15) is 0 Å². The number of hydrogen-bond donors (Lipinski definition) is 0. The fourth-order valence-corrected chi connectivity index (χ4v) is 4.38. The maximum Gasteiger partial charge on any atom is 0.379 e. The van der Waals surface area contributed by atoms with Gasteiger partial charge in [-0.15, -0.1) is 0 Å². The average molecular weight is 385 g/mol. The summed E-state index contributed by atoms with van der Waals surface area (Å²) in [5.41, 5.74) is -0.0865. The highest BCUT2D eigenvalue weighted by Gasteiger charge is 2.26. The van der Waals surface area contributed by atoms with Crippen LogP contribution in [0.4, 0.5) is 5.69 Å². The van der Waals surface area contributed by atoms with Gasteiger partial charge < -0.3 is 4.52 Å². The number of hydrogen-bond acceptors (Lipinski definition) is 5. The van der Waals surface area contributed by atoms with Crippen molar-refractivity contribution in [1.29, 1.82) is 0 Å². The molecule has 0 aliphatic heterocycles. The molecule has 1 atom stereocenters. The molecule has 148 valence electrons. The summed E-state index contributed by atoms with van der Waals surface area (Å²) in [5, 5.41) is 10.9. The molecule has 0 fully saturated rings. The van der Waals surface area contributed by atoms with Crippen LogP contribution >= 0.6 is 7.60 Å². The van der Waals surface area contributed by atoms with E-state index in [9.17, 15) is 14.7 Å². The van der Waals surface area contributed by atoms with Gasteiger partial charge in [-0.1, -0.05) is 64.9 Å². The predicted octanol–water partition coefficient (Wildman–Crippen LogP) is 6.73. The van der Waals surface area contributed by atoms with Crippen molar-refractivity contribution in [2.24, 2.45) is 0 Å². The van der Waals surface area contributed by atoms with Gasteiger partial charge in [0, 0.05) is 6.07 Å². The standard InChI is InChI=1S/C19H32NO5P/c1-3-5-7-8-9-10-11-15-24-26(23,16-6-4-2)25-19-14-12-13-18(17-19)20(21)22/h12-14,17H,3-11,15-16H2,1-2H3. The van der Waals surface area contributed by atoms with E-state index in [-0.39, 0.29) is 11.4 Å². The van der Waals surface area contributed by atoms with Gasteiger partial charge in [0.25, 0.3) is 5.69 Å². The zero-order chi connectivity index (χ0) is 19.3. The lowest BCUT2D eigenvalue weighted by atomic mass is 10.1. The third-order valence-electron chi connectivity index (χ3n) is 4.09. The van der Waals surface area contributed by atoms with E-state index in [2.05, 4.69) is 6.92 Å². The Morgan fingerprint density at radius 2 is 1.65 bits per heavy atom. The van der Waals surface area contributed by atoms with Crippen LogP contribution in [0.3, 0.4) is 0 Å². The summed E-state index contributed by atoms with van der Waals surface area (Å²) in [5.74, 6) is 0.221. The van der Waals surface area contributed by atoms with Gasteiger partial charge in [0.05, 0.1) is 23.8 Å². The van der Waals surface area contributed by atoms with Crippen LogP contribution in [0.2, 0.25) is 0 Å². The van der Waals surface area contributed by atoms with Crippen molar-refractivity contribution in [3.63, 3.8) is 0 Å². The van der Waals surface area contributed by atoms with E-state index in [1.165, 1.54) is 43.9 Å². The van der Waals surface area contributed by atoms with Gasteiger partial charge in [0.2, 0.25) is 0 Å². The number of nitrogens with zero attached hydrogens (tertiary/aromatic N) is 1. The zero-order valence-corrected chi connectivity index (χ0v) is 16.9. The molecule has 0 amide bonds. The van der Waals surface area contributed by atoms with Crippen LogP contribution < -0.4 is 4.52 Å². The first-order valence-corrected chi connectivity index (χ1v) is 11.4. The second-order valence-electron chi connectivity index (χ2n) is 6.49. The first-order chi connectivity index (χ1) is 12.5. The van der Waals surface area contributed by atoms with Crippen LogP contribution in [-0.4, -0.2) is 17.7 Å². The highest BCUT2D eigenvalue weighted by Crippen LogP contribution is 2.49. The number of unbranched alkanes of at least 4 members (excludes halogenated alkanes) is 7. The summed E-state index contributed by atoms with van der Waals surface area (Å²) in [6.07, 6.45) is 9.99. The zero-order valence-electron chi connectivity index (χ0n) is 16.0. The lowest BCUT2D eigenvalue weighted by Gasteiger charge is -2.19. The lowest BCUT2D eigenvalue weighted by Crippen LogP contribution is -2.04. The normalized spacial score (nSPS) is 13.3. The Morgan fingerprint density at radius 3 is 2.31 bits per heavy atom. The SMILES string of the molecule is CCCCCCCCCOP(=O)(CCCC)Oc1cccc([N+](=O)[O-])c1. The van der Waals surface area contributed by atoms with Gasteiger partial charge >= 0.3 is 7.60 Å². The molecule has 0 spiro atoms. The molecule has 1 rings (SSSR count). The summed E-state index contributed by atoms with van der Waals surface area (Å²) in [7, 11) is -3.30. The summed E-state index contributed by atoms with van der Waals surface area (Å²) in [6, 6.07) is 5.76. The summed E-state index contributed by atoms with van der Waals surface area (Å²) in [4.78, 5) is 10.4. The molecule has 0 saturated heterocycles. The minimum Gasteiger partial charge on any atom is -0.424 e. The van der Waals surface area contributed by atoms with Crippen molar-refractivity contribution in [3.05, 3.63) is 34.4 Å². The Bertz CT molecular complexity index is 579. The van der Waals surface area contributed by atoms with Crippen molar-refractivity contribution >= 4 is 13.3 Å². The topological polar surface area (TPSA) is 78.7 Å². The molecule has 0 saturated carbocycles. The molecule has 0 aromatic heterocycles. The molecule has 0 bridgehead atoms. The van der Waals surface area contributed by atoms with Gasteiger partial charge in [-0.3, -0.25) is 14.6 Å². The van der Waals surface area contributed by atoms with E-state index in [0.717, 1.165) is 32.1 Å². The lowest BCUT2D eigenvalue weighted by molar-refractivity contribution is -0.384. The molecule has 7 heteroatoms. The van der Waals surface area contributed by atoms with Gasteiger partial charge in [0.1, 0.15) is 5.75 Å². The van der Waals surface area contributed by atoms with Crippen LogP contribution in [0.15, 0.2) is 24.3 Å². The van der Waals surface area contributed by atoms with Crippen molar-refractivity contribution in [1.82, 2.24) is 0 Å². The van der Waals surface area contributed by atoms with E-state index >= 15 is 0 Å². The average Bonchev–Trinajstić information content (AvgIpc) is 2.62. The van der Waals surface area contributed by atoms with Crippen molar-refractivity contribution in [2.45, 2.75) is 71.6 Å². The van der Waals surface area contributed by atoms with Crippen LogP contribution in [0.25, 0.3) is 0 Å². The second kappa shape index (κ2) is 12.9. The molecule has 0 heterocycles. The molecule has 0 aliphatic rings. The fraction of sp³-hybridized carbons (Fsp3) is 0.684. The molecule has 0 aliphatic carbocycles. The Balaban J connectivity index is 2.51. The molecule has 0 N–H and O–H groups in total. The van der Waals surface area contributed by atoms with Crippen LogP contribution in [0, 0.1) is 10.1 Å². The fourth-order valence-electron chi connectivity index (χ4n) is 2.57. The molecule has 1 unspecified atom stereocenters. The van der Waals surface area contributed by atoms with Gasteiger partial charge in [0.15, 0.2) is 0 Å². The summed E-state index contributed by atoms with van der Waals surface area (Å²) < 4.78 is 24.2. The first-order valence-electron chi connectivity index (χ1n) is 9.68. The molecule has 6 nitrogen and oxygen atoms in total. The molecule has 26 heavy (non-hydrogen) atoms. The largest absolute Gasteiger partial charge is 0.424 e. The predicted molar refractivity (Wildman–Crippen MR) is 105 cm³/mol. The molecular weight excluding hydrogens is 353 g/mol. The Morgan fingerprint density at radius 1 is 1.00 bits per heavy atom. The highest BCUT2D eigenvalue weighted by atomic mass is 31.2. The number of non-ortho nitro benzene ring substituents is 1. The van der Waals surface area contributed by atoms with Crippen LogP contribution in [0.1, 0.15) is 71.6 Å². The van der Waals surface area contributed by atoms with Crippen LogP contribution in [0.5, 0.6) is 5.75 Å². The Labute approximate surface area is 157 Å². The number of nitro groups is 1. The van der Waals surface area contributed by atoms with Crippen molar-refractivity contribution in [2.75, 3.05) is 12.8 Å². The van der Waals surface area contributed by atoms with Crippen molar-refractivity contribution < 1.29 is 18.5 Å². The third-order valence-corrected chi connectivity index (χ3v) is 6.02. The second-order valence-corrected chi connectivity index (χ2v) is 8.60. The summed E-state index contributed by atoms with van der Waals surface area (Å²) >= 11 is 0. The maximum absolute atomic E-state index is 13.0. The smallest absolute Gasteiger partial charge is 0.379 e. The molecule has 1 aromatic carbocycles. The van der Waals surface area contributed by atoms with E-state index in [4.69, 9.17) is 9.05 Å². The summed E-state index contributed by atoms with van der Waals surface area (Å²) in [6.45, 7) is 4.60.